The molecule has 84 valence electrons. The van der Waals surface area contributed by atoms with E-state index in [1.807, 2.05) is 0 Å². The van der Waals surface area contributed by atoms with Crippen LogP contribution >= 0.6 is 0 Å². The fourth-order valence-corrected chi connectivity index (χ4v) is 0.733. The summed E-state index contributed by atoms with van der Waals surface area (Å²) in [7, 11) is 3.43. The fourth-order valence-electron chi connectivity index (χ4n) is 0.733. The van der Waals surface area contributed by atoms with Gasteiger partial charge >= 0.3 is 5.97 Å². The minimum absolute atomic E-state index is 0.111. The predicted octanol–water partition coefficient (Wildman–Crippen LogP) is 1.04. The molecule has 0 fully saturated rings. The van der Waals surface area contributed by atoms with Crippen LogP contribution in [0.3, 0.4) is 0 Å². The third kappa shape index (κ3) is 8.70. The van der Waals surface area contributed by atoms with E-state index in [0.717, 1.165) is 0 Å². The summed E-state index contributed by atoms with van der Waals surface area (Å²) in [6.07, 6.45) is 0. The van der Waals surface area contributed by atoms with Crippen molar-refractivity contribution in [1.29, 1.82) is 0 Å². The first-order chi connectivity index (χ1) is 6.91. The number of benzene rings is 1. The van der Waals surface area contributed by atoms with Gasteiger partial charge in [0.1, 0.15) is 5.82 Å². The fraction of sp³-hybridized carbons (Fsp3) is 0.300. The molecule has 0 aliphatic heterocycles. The normalized spacial score (nSPS) is 9.33. The van der Waals surface area contributed by atoms with E-state index in [9.17, 15) is 9.18 Å². The number of anilines is 1. The third-order valence-electron chi connectivity index (χ3n) is 1.32. The van der Waals surface area contributed by atoms with Crippen molar-refractivity contribution in [2.45, 2.75) is 0 Å². The molecule has 0 spiro atoms. The Balaban J connectivity index is 0.000000265. The van der Waals surface area contributed by atoms with Gasteiger partial charge in [0.15, 0.2) is 0 Å². The van der Waals surface area contributed by atoms with E-state index in [1.54, 1.807) is 19.0 Å². The minimum Gasteiger partial charge on any atom is -0.480 e. The van der Waals surface area contributed by atoms with Gasteiger partial charge in [0.05, 0.1) is 6.54 Å². The van der Waals surface area contributed by atoms with Crippen LogP contribution in [0.2, 0.25) is 0 Å². The van der Waals surface area contributed by atoms with Gasteiger partial charge in [-0.3, -0.25) is 9.69 Å². The monoisotopic (exact) mass is 214 g/mol. The number of carboxylic acid groups (broad SMARTS) is 1. The van der Waals surface area contributed by atoms with Crippen molar-refractivity contribution in [3.8, 4) is 0 Å². The van der Waals surface area contributed by atoms with Crippen LogP contribution in [0.15, 0.2) is 24.3 Å². The molecule has 0 saturated heterocycles. The molecule has 3 N–H and O–H groups in total. The summed E-state index contributed by atoms with van der Waals surface area (Å²) in [6, 6.07) is 5.70. The number of nitrogens with zero attached hydrogens (tertiary/aromatic N) is 1. The van der Waals surface area contributed by atoms with Crippen LogP contribution in [0, 0.1) is 5.82 Å². The van der Waals surface area contributed by atoms with Crippen molar-refractivity contribution in [2.75, 3.05) is 26.4 Å². The Hall–Kier alpha value is -1.62. The quantitative estimate of drug-likeness (QED) is 0.722. The Morgan fingerprint density at radius 3 is 2.07 bits per heavy atom. The highest BCUT2D eigenvalue weighted by Crippen LogP contribution is 2.01. The van der Waals surface area contributed by atoms with Crippen LogP contribution < -0.4 is 5.73 Å². The molecule has 0 aliphatic rings. The lowest BCUT2D eigenvalue weighted by Gasteiger charge is -2.01. The topological polar surface area (TPSA) is 66.6 Å². The predicted molar refractivity (Wildman–Crippen MR) is 57.0 cm³/mol. The maximum absolute atomic E-state index is 12.0. The number of carbonyl (C=O) groups is 1. The van der Waals surface area contributed by atoms with Gasteiger partial charge in [-0.05, 0) is 38.4 Å². The highest BCUT2D eigenvalue weighted by Gasteiger charge is 1.94. The molecule has 0 bridgehead atoms. The largest absolute Gasteiger partial charge is 0.480 e. The maximum atomic E-state index is 12.0. The van der Waals surface area contributed by atoms with Gasteiger partial charge in [-0.1, -0.05) is 0 Å². The van der Waals surface area contributed by atoms with Crippen LogP contribution in [0.4, 0.5) is 10.1 Å². The lowest BCUT2D eigenvalue weighted by molar-refractivity contribution is -0.137. The number of halogens is 1. The number of nitrogens with two attached hydrogens (primary N) is 1. The summed E-state index contributed by atoms with van der Waals surface area (Å²) >= 11 is 0. The Labute approximate surface area is 88.1 Å². The van der Waals surface area contributed by atoms with E-state index in [4.69, 9.17) is 10.8 Å². The maximum Gasteiger partial charge on any atom is 0.317 e. The molecule has 0 heterocycles. The molecule has 1 aromatic carbocycles. The molecular weight excluding hydrogens is 199 g/mol. The molecule has 0 amide bonds. The summed E-state index contributed by atoms with van der Waals surface area (Å²) in [6.45, 7) is 0.111. The Bertz CT molecular complexity index is 278. The first-order valence-electron chi connectivity index (χ1n) is 4.29. The number of rotatable bonds is 2. The molecule has 4 nitrogen and oxygen atoms in total. The highest BCUT2D eigenvalue weighted by molar-refractivity contribution is 5.68. The van der Waals surface area contributed by atoms with Crippen molar-refractivity contribution in [3.05, 3.63) is 30.1 Å². The van der Waals surface area contributed by atoms with E-state index in [0.29, 0.717) is 5.69 Å². The van der Waals surface area contributed by atoms with Crippen molar-refractivity contribution < 1.29 is 14.3 Å². The Morgan fingerprint density at radius 2 is 1.87 bits per heavy atom. The van der Waals surface area contributed by atoms with E-state index >= 15 is 0 Å². The zero-order valence-electron chi connectivity index (χ0n) is 8.77. The van der Waals surface area contributed by atoms with Gasteiger partial charge < -0.3 is 10.8 Å². The lowest BCUT2D eigenvalue weighted by atomic mass is 10.3. The van der Waals surface area contributed by atoms with Crippen molar-refractivity contribution in [1.82, 2.24) is 4.90 Å². The zero-order chi connectivity index (χ0) is 11.8. The zero-order valence-corrected chi connectivity index (χ0v) is 8.77. The molecule has 1 rings (SSSR count). The molecule has 0 radical (unpaired) electrons. The average Bonchev–Trinajstić information content (AvgIpc) is 2.09. The number of carboxylic acids is 1. The van der Waals surface area contributed by atoms with E-state index < -0.39 is 5.97 Å². The van der Waals surface area contributed by atoms with Gasteiger partial charge in [-0.2, -0.15) is 0 Å². The molecule has 5 heteroatoms. The summed E-state index contributed by atoms with van der Waals surface area (Å²) < 4.78 is 12.0. The second kappa shape index (κ2) is 6.78. The summed E-state index contributed by atoms with van der Waals surface area (Å²) in [4.78, 5) is 11.4. The van der Waals surface area contributed by atoms with Crippen LogP contribution in [-0.4, -0.2) is 36.6 Å². The number of hydrogen-bond donors (Lipinski definition) is 2. The van der Waals surface area contributed by atoms with E-state index in [2.05, 4.69) is 0 Å². The number of hydrogen-bond acceptors (Lipinski definition) is 3. The second-order valence-corrected chi connectivity index (χ2v) is 3.18. The number of aliphatic carboxylic acids is 1. The average molecular weight is 214 g/mol. The molecule has 0 aliphatic carbocycles. The number of nitrogen functional groups attached to an aromatic ring is 1. The van der Waals surface area contributed by atoms with Crippen molar-refractivity contribution in [3.63, 3.8) is 0 Å². The van der Waals surface area contributed by atoms with Gasteiger partial charge in [0, 0.05) is 5.69 Å². The standard InChI is InChI=1S/C6H6FN.C4H9NO2/c7-5-1-3-6(8)4-2-5;1-5(2)3-4(6)7/h1-4H,8H2;3H2,1-2H3,(H,6,7). The van der Waals surface area contributed by atoms with Crippen LogP contribution in [0.25, 0.3) is 0 Å². The van der Waals surface area contributed by atoms with Crippen LogP contribution in [0.1, 0.15) is 0 Å². The van der Waals surface area contributed by atoms with Gasteiger partial charge in [-0.25, -0.2) is 4.39 Å². The van der Waals surface area contributed by atoms with Gasteiger partial charge in [-0.15, -0.1) is 0 Å². The summed E-state index contributed by atoms with van der Waals surface area (Å²) in [5, 5.41) is 8.04. The Morgan fingerprint density at radius 1 is 1.40 bits per heavy atom. The summed E-state index contributed by atoms with van der Waals surface area (Å²) in [5.74, 6) is -1.04. The smallest absolute Gasteiger partial charge is 0.317 e. The third-order valence-corrected chi connectivity index (χ3v) is 1.32. The van der Waals surface area contributed by atoms with Gasteiger partial charge in [0.2, 0.25) is 0 Å². The number of likely N-dealkylation sites (N-methyl/N-ethyl adjacent to an activating group) is 1. The first-order valence-corrected chi connectivity index (χ1v) is 4.29. The second-order valence-electron chi connectivity index (χ2n) is 3.18. The van der Waals surface area contributed by atoms with Gasteiger partial charge in [0.25, 0.3) is 0 Å². The molecule has 1 aromatic rings. The van der Waals surface area contributed by atoms with Crippen LogP contribution in [0.5, 0.6) is 0 Å². The molecule has 15 heavy (non-hydrogen) atoms. The molecule has 0 aromatic heterocycles. The molecular formula is C10H15FN2O2. The van der Waals surface area contributed by atoms with E-state index in [1.165, 1.54) is 24.3 Å². The van der Waals surface area contributed by atoms with E-state index in [-0.39, 0.29) is 12.4 Å². The Kier molecular flexibility index (Phi) is 6.05. The first kappa shape index (κ1) is 13.4. The summed E-state index contributed by atoms with van der Waals surface area (Å²) in [5.41, 5.74) is 5.85. The molecule has 0 saturated carbocycles. The molecule has 0 unspecified atom stereocenters. The molecule has 0 atom stereocenters. The van der Waals surface area contributed by atoms with Crippen LogP contribution in [-0.2, 0) is 4.79 Å². The van der Waals surface area contributed by atoms with Crippen molar-refractivity contribution in [2.24, 2.45) is 0 Å². The highest BCUT2D eigenvalue weighted by atomic mass is 19.1. The van der Waals surface area contributed by atoms with Crippen molar-refractivity contribution >= 4 is 11.7 Å². The minimum atomic E-state index is -0.787. The SMILES string of the molecule is CN(C)CC(=O)O.Nc1ccc(F)cc1. The lowest BCUT2D eigenvalue weighted by Crippen LogP contribution is -2.20.